The summed E-state index contributed by atoms with van der Waals surface area (Å²) in [5.41, 5.74) is 4.88. The molecule has 0 radical (unpaired) electrons. The molecule has 2 aromatic rings. The van der Waals surface area contributed by atoms with Gasteiger partial charge in [0.1, 0.15) is 0 Å². The Labute approximate surface area is 131 Å². The van der Waals surface area contributed by atoms with Crippen molar-refractivity contribution in [1.29, 1.82) is 0 Å². The van der Waals surface area contributed by atoms with Crippen LogP contribution in [0.4, 0.5) is 0 Å². The highest BCUT2D eigenvalue weighted by Crippen LogP contribution is 2.33. The molecular formula is C18H19ClN2. The van der Waals surface area contributed by atoms with Crippen molar-refractivity contribution in [2.75, 3.05) is 20.6 Å². The lowest BCUT2D eigenvalue weighted by molar-refractivity contribution is 0.417. The molecule has 0 spiro atoms. The molecule has 0 fully saturated rings. The summed E-state index contributed by atoms with van der Waals surface area (Å²) in [7, 11) is 4.20. The molecule has 0 N–H and O–H groups in total. The zero-order valence-electron chi connectivity index (χ0n) is 12.4. The minimum absolute atomic E-state index is 0.778. The Morgan fingerprint density at radius 2 is 2.10 bits per heavy atom. The molecule has 0 saturated heterocycles. The van der Waals surface area contributed by atoms with Gasteiger partial charge in [-0.2, -0.15) is 0 Å². The molecule has 1 aromatic heterocycles. The van der Waals surface area contributed by atoms with E-state index in [1.54, 1.807) is 0 Å². The zero-order chi connectivity index (χ0) is 14.8. The van der Waals surface area contributed by atoms with Crippen molar-refractivity contribution < 1.29 is 0 Å². The van der Waals surface area contributed by atoms with Crippen LogP contribution in [0.2, 0.25) is 5.02 Å². The Hall–Kier alpha value is -1.77. The molecule has 108 valence electrons. The molecule has 3 rings (SSSR count). The molecule has 0 aliphatic carbocycles. The van der Waals surface area contributed by atoms with Gasteiger partial charge in [0.2, 0.25) is 0 Å². The van der Waals surface area contributed by atoms with Gasteiger partial charge in [-0.3, -0.25) is 0 Å². The standard InChI is InChI=1S/C18H19ClN2/c1-20(2)10-3-5-16-17-13-15(19)8-7-14(17)9-12-21-11-4-6-18(16)21/h4-9,11-13H,3,10H2,1-2H3. The molecule has 0 unspecified atom stereocenters. The van der Waals surface area contributed by atoms with Gasteiger partial charge in [-0.05, 0) is 62.0 Å². The van der Waals surface area contributed by atoms with E-state index in [1.165, 1.54) is 22.4 Å². The minimum Gasteiger partial charge on any atom is -0.323 e. The van der Waals surface area contributed by atoms with Crippen molar-refractivity contribution in [3.05, 3.63) is 64.4 Å². The van der Waals surface area contributed by atoms with Gasteiger partial charge in [-0.1, -0.05) is 23.7 Å². The summed E-state index contributed by atoms with van der Waals surface area (Å²) >= 11 is 6.21. The molecule has 1 aromatic carbocycles. The predicted octanol–water partition coefficient (Wildman–Crippen LogP) is 4.47. The fourth-order valence-electron chi connectivity index (χ4n) is 2.64. The average Bonchev–Trinajstić information content (AvgIpc) is 2.85. The summed E-state index contributed by atoms with van der Waals surface area (Å²) in [6, 6.07) is 10.3. The van der Waals surface area contributed by atoms with Crippen LogP contribution < -0.4 is 0 Å². The average molecular weight is 299 g/mol. The maximum atomic E-state index is 6.21. The third kappa shape index (κ3) is 2.97. The fraction of sp³-hybridized carbons (Fsp3) is 0.222. The molecule has 3 heteroatoms. The SMILES string of the molecule is CN(C)CCC=C1c2cc(Cl)ccc2C=Cn2cccc21. The van der Waals surface area contributed by atoms with Crippen molar-refractivity contribution >= 4 is 29.5 Å². The number of benzene rings is 1. The number of rotatable bonds is 3. The molecule has 21 heavy (non-hydrogen) atoms. The Morgan fingerprint density at radius 1 is 1.24 bits per heavy atom. The molecular weight excluding hydrogens is 280 g/mol. The monoisotopic (exact) mass is 298 g/mol. The van der Waals surface area contributed by atoms with Gasteiger partial charge in [0.05, 0.1) is 5.69 Å². The van der Waals surface area contributed by atoms with Crippen molar-refractivity contribution in [1.82, 2.24) is 9.47 Å². The number of halogens is 1. The Morgan fingerprint density at radius 3 is 2.90 bits per heavy atom. The smallest absolute Gasteiger partial charge is 0.0525 e. The number of fused-ring (bicyclic) bond motifs is 2. The van der Waals surface area contributed by atoms with E-state index in [9.17, 15) is 0 Å². The summed E-state index contributed by atoms with van der Waals surface area (Å²) in [4.78, 5) is 2.20. The van der Waals surface area contributed by atoms with Crippen LogP contribution in [0.5, 0.6) is 0 Å². The van der Waals surface area contributed by atoms with Gasteiger partial charge < -0.3 is 9.47 Å². The highest BCUT2D eigenvalue weighted by molar-refractivity contribution is 6.30. The van der Waals surface area contributed by atoms with Crippen LogP contribution in [-0.2, 0) is 0 Å². The van der Waals surface area contributed by atoms with E-state index in [0.717, 1.165) is 18.0 Å². The second-order valence-corrected chi connectivity index (χ2v) is 5.99. The van der Waals surface area contributed by atoms with Crippen LogP contribution in [-0.4, -0.2) is 30.1 Å². The second-order valence-electron chi connectivity index (χ2n) is 5.56. The summed E-state index contributed by atoms with van der Waals surface area (Å²) in [5.74, 6) is 0. The van der Waals surface area contributed by atoms with Crippen molar-refractivity contribution in [3.63, 3.8) is 0 Å². The first-order valence-corrected chi connectivity index (χ1v) is 7.53. The number of hydrogen-bond acceptors (Lipinski definition) is 1. The lowest BCUT2D eigenvalue weighted by atomic mass is 9.97. The van der Waals surface area contributed by atoms with E-state index >= 15 is 0 Å². The highest BCUT2D eigenvalue weighted by atomic mass is 35.5. The first-order valence-electron chi connectivity index (χ1n) is 7.15. The molecule has 0 amide bonds. The topological polar surface area (TPSA) is 8.17 Å². The molecule has 1 aliphatic rings. The minimum atomic E-state index is 0.778. The van der Waals surface area contributed by atoms with Crippen molar-refractivity contribution in [2.24, 2.45) is 0 Å². The fourth-order valence-corrected chi connectivity index (χ4v) is 2.81. The van der Waals surface area contributed by atoms with E-state index in [-0.39, 0.29) is 0 Å². The van der Waals surface area contributed by atoms with Gasteiger partial charge in [-0.15, -0.1) is 0 Å². The summed E-state index contributed by atoms with van der Waals surface area (Å²) in [6.45, 7) is 1.04. The number of aromatic nitrogens is 1. The van der Waals surface area contributed by atoms with E-state index in [1.807, 2.05) is 6.07 Å². The normalized spacial score (nSPS) is 15.1. The molecule has 2 heterocycles. The second kappa shape index (κ2) is 5.92. The Bertz CT molecular complexity index is 708. The quantitative estimate of drug-likeness (QED) is 0.693. The lowest BCUT2D eigenvalue weighted by Gasteiger charge is -2.12. The van der Waals surface area contributed by atoms with Gasteiger partial charge in [0, 0.05) is 29.5 Å². The third-order valence-corrected chi connectivity index (χ3v) is 3.93. The van der Waals surface area contributed by atoms with E-state index in [2.05, 4.69) is 72.4 Å². The van der Waals surface area contributed by atoms with Crippen molar-refractivity contribution in [3.8, 4) is 0 Å². The number of nitrogens with zero attached hydrogens (tertiary/aromatic N) is 2. The Kier molecular flexibility index (Phi) is 4.00. The predicted molar refractivity (Wildman–Crippen MR) is 91.4 cm³/mol. The first-order chi connectivity index (χ1) is 10.1. The van der Waals surface area contributed by atoms with Gasteiger partial charge >= 0.3 is 0 Å². The van der Waals surface area contributed by atoms with Gasteiger partial charge in [0.15, 0.2) is 0 Å². The van der Waals surface area contributed by atoms with E-state index in [4.69, 9.17) is 11.6 Å². The van der Waals surface area contributed by atoms with Crippen LogP contribution in [0, 0.1) is 0 Å². The maximum Gasteiger partial charge on any atom is 0.0525 e. The van der Waals surface area contributed by atoms with E-state index in [0.29, 0.717) is 0 Å². The summed E-state index contributed by atoms with van der Waals surface area (Å²) in [5, 5.41) is 0.778. The van der Waals surface area contributed by atoms with Crippen LogP contribution in [0.3, 0.4) is 0 Å². The molecule has 1 aliphatic heterocycles. The molecule has 0 saturated carbocycles. The molecule has 2 nitrogen and oxygen atoms in total. The van der Waals surface area contributed by atoms with Crippen LogP contribution in [0.25, 0.3) is 17.8 Å². The molecule has 0 atom stereocenters. The maximum absolute atomic E-state index is 6.21. The van der Waals surface area contributed by atoms with Gasteiger partial charge in [0.25, 0.3) is 0 Å². The summed E-state index contributed by atoms with van der Waals surface area (Å²) in [6.07, 6.45) is 9.66. The zero-order valence-corrected chi connectivity index (χ0v) is 13.1. The summed E-state index contributed by atoms with van der Waals surface area (Å²) < 4.78 is 2.16. The Balaban J connectivity index is 2.09. The number of hydrogen-bond donors (Lipinski definition) is 0. The lowest BCUT2D eigenvalue weighted by Crippen LogP contribution is -2.12. The van der Waals surface area contributed by atoms with Crippen LogP contribution >= 0.6 is 11.6 Å². The molecule has 0 bridgehead atoms. The highest BCUT2D eigenvalue weighted by Gasteiger charge is 2.15. The first kappa shape index (κ1) is 14.2. The van der Waals surface area contributed by atoms with E-state index < -0.39 is 0 Å². The largest absolute Gasteiger partial charge is 0.323 e. The van der Waals surface area contributed by atoms with Crippen molar-refractivity contribution in [2.45, 2.75) is 6.42 Å². The van der Waals surface area contributed by atoms with Gasteiger partial charge in [-0.25, -0.2) is 0 Å². The van der Waals surface area contributed by atoms with Crippen LogP contribution in [0.1, 0.15) is 23.2 Å². The third-order valence-electron chi connectivity index (χ3n) is 3.70. The van der Waals surface area contributed by atoms with Crippen LogP contribution in [0.15, 0.2) is 42.6 Å².